The van der Waals surface area contributed by atoms with Gasteiger partial charge in [0.1, 0.15) is 5.82 Å². The van der Waals surface area contributed by atoms with Crippen LogP contribution in [0.25, 0.3) is 0 Å². The number of ether oxygens (including phenoxy) is 1. The number of hydrogen-bond acceptors (Lipinski definition) is 4. The Labute approximate surface area is 146 Å². The standard InChI is InChI=1S/C18H23FN2O4/c1-2-11-20-17(24)21-15(22)12-25-16(23)18(9-5-6-10-18)13-7-3-4-8-14(13)19/h3-4,7-8H,2,5-6,9-12H2,1H3,(H2,20,21,22,24). The van der Waals surface area contributed by atoms with Gasteiger partial charge in [-0.05, 0) is 25.3 Å². The van der Waals surface area contributed by atoms with Crippen molar-refractivity contribution >= 4 is 17.9 Å². The van der Waals surface area contributed by atoms with Crippen LogP contribution in [-0.2, 0) is 19.7 Å². The third kappa shape index (κ3) is 4.55. The number of imide groups is 1. The van der Waals surface area contributed by atoms with Crippen molar-refractivity contribution in [1.29, 1.82) is 0 Å². The zero-order valence-electron chi connectivity index (χ0n) is 14.3. The van der Waals surface area contributed by atoms with Crippen LogP contribution in [0.5, 0.6) is 0 Å². The summed E-state index contributed by atoms with van der Waals surface area (Å²) in [6, 6.07) is 5.51. The van der Waals surface area contributed by atoms with Crippen molar-refractivity contribution in [3.8, 4) is 0 Å². The van der Waals surface area contributed by atoms with E-state index in [4.69, 9.17) is 4.74 Å². The first-order valence-corrected chi connectivity index (χ1v) is 8.49. The highest BCUT2D eigenvalue weighted by atomic mass is 19.1. The van der Waals surface area contributed by atoms with Gasteiger partial charge < -0.3 is 10.1 Å². The van der Waals surface area contributed by atoms with Gasteiger partial charge in [-0.3, -0.25) is 14.9 Å². The van der Waals surface area contributed by atoms with Crippen molar-refractivity contribution in [3.63, 3.8) is 0 Å². The number of rotatable bonds is 6. The number of hydrogen-bond donors (Lipinski definition) is 2. The highest BCUT2D eigenvalue weighted by molar-refractivity contribution is 5.96. The lowest BCUT2D eigenvalue weighted by atomic mass is 9.78. The predicted molar refractivity (Wildman–Crippen MR) is 89.3 cm³/mol. The van der Waals surface area contributed by atoms with Crippen LogP contribution >= 0.6 is 0 Å². The van der Waals surface area contributed by atoms with Gasteiger partial charge in [-0.25, -0.2) is 9.18 Å². The number of amides is 3. The summed E-state index contributed by atoms with van der Waals surface area (Å²) >= 11 is 0. The molecule has 7 heteroatoms. The van der Waals surface area contributed by atoms with E-state index in [0.29, 0.717) is 24.9 Å². The Kier molecular flexibility index (Phi) is 6.50. The van der Waals surface area contributed by atoms with E-state index in [-0.39, 0.29) is 0 Å². The lowest BCUT2D eigenvalue weighted by Crippen LogP contribution is -2.43. The van der Waals surface area contributed by atoms with Crippen LogP contribution in [-0.4, -0.2) is 31.1 Å². The molecule has 1 saturated carbocycles. The summed E-state index contributed by atoms with van der Waals surface area (Å²) in [7, 11) is 0. The number of carbonyl (C=O) groups is 3. The molecule has 0 atom stereocenters. The Morgan fingerprint density at radius 2 is 1.88 bits per heavy atom. The second kappa shape index (κ2) is 8.60. The maximum atomic E-state index is 14.2. The van der Waals surface area contributed by atoms with E-state index in [0.717, 1.165) is 19.3 Å². The van der Waals surface area contributed by atoms with Crippen molar-refractivity contribution in [2.75, 3.05) is 13.2 Å². The molecule has 1 aromatic rings. The highest BCUT2D eigenvalue weighted by Gasteiger charge is 2.45. The molecule has 0 heterocycles. The molecule has 1 fully saturated rings. The van der Waals surface area contributed by atoms with Crippen molar-refractivity contribution in [1.82, 2.24) is 10.6 Å². The molecule has 1 aromatic carbocycles. The normalized spacial score (nSPS) is 15.4. The van der Waals surface area contributed by atoms with Crippen molar-refractivity contribution in [2.45, 2.75) is 44.4 Å². The Hall–Kier alpha value is -2.44. The molecule has 0 spiro atoms. The maximum absolute atomic E-state index is 14.2. The topological polar surface area (TPSA) is 84.5 Å². The van der Waals surface area contributed by atoms with Gasteiger partial charge in [0, 0.05) is 12.1 Å². The van der Waals surface area contributed by atoms with Gasteiger partial charge in [-0.1, -0.05) is 38.0 Å². The van der Waals surface area contributed by atoms with Gasteiger partial charge >= 0.3 is 12.0 Å². The third-order valence-corrected chi connectivity index (χ3v) is 4.36. The smallest absolute Gasteiger partial charge is 0.321 e. The minimum atomic E-state index is -1.06. The van der Waals surface area contributed by atoms with Gasteiger partial charge in [-0.15, -0.1) is 0 Å². The molecule has 2 N–H and O–H groups in total. The number of benzene rings is 1. The molecule has 0 aromatic heterocycles. The Bertz CT molecular complexity index is 642. The third-order valence-electron chi connectivity index (χ3n) is 4.36. The van der Waals surface area contributed by atoms with Crippen molar-refractivity contribution < 1.29 is 23.5 Å². The zero-order valence-corrected chi connectivity index (χ0v) is 14.3. The van der Waals surface area contributed by atoms with Crippen molar-refractivity contribution in [2.24, 2.45) is 0 Å². The summed E-state index contributed by atoms with van der Waals surface area (Å²) in [5, 5.41) is 4.57. The fraction of sp³-hybridized carbons (Fsp3) is 0.500. The fourth-order valence-electron chi connectivity index (χ4n) is 3.13. The van der Waals surface area contributed by atoms with E-state index in [2.05, 4.69) is 10.6 Å². The first kappa shape index (κ1) is 18.9. The van der Waals surface area contributed by atoms with E-state index >= 15 is 0 Å². The largest absolute Gasteiger partial charge is 0.455 e. The first-order valence-electron chi connectivity index (χ1n) is 8.49. The van der Waals surface area contributed by atoms with Gasteiger partial charge in [0.25, 0.3) is 5.91 Å². The Morgan fingerprint density at radius 3 is 2.52 bits per heavy atom. The summed E-state index contributed by atoms with van der Waals surface area (Å²) in [6.45, 7) is 1.75. The average molecular weight is 350 g/mol. The summed E-state index contributed by atoms with van der Waals surface area (Å²) in [5.74, 6) is -1.80. The number of urea groups is 1. The quantitative estimate of drug-likeness (QED) is 0.772. The van der Waals surface area contributed by atoms with Crippen LogP contribution in [0, 0.1) is 5.82 Å². The van der Waals surface area contributed by atoms with Crippen LogP contribution in [0.15, 0.2) is 24.3 Å². The molecule has 6 nitrogen and oxygen atoms in total. The minimum absolute atomic E-state index is 0.304. The molecule has 3 amide bonds. The molecule has 136 valence electrons. The van der Waals surface area contributed by atoms with Crippen LogP contribution in [0.4, 0.5) is 9.18 Å². The molecule has 0 unspecified atom stereocenters. The summed E-state index contributed by atoms with van der Waals surface area (Å²) < 4.78 is 19.3. The Balaban J connectivity index is 1.99. The monoisotopic (exact) mass is 350 g/mol. The average Bonchev–Trinajstić information content (AvgIpc) is 3.09. The first-order chi connectivity index (χ1) is 12.0. The fourth-order valence-corrected chi connectivity index (χ4v) is 3.13. The number of esters is 1. The van der Waals surface area contributed by atoms with Gasteiger partial charge in [-0.2, -0.15) is 0 Å². The van der Waals surface area contributed by atoms with Gasteiger partial charge in [0.15, 0.2) is 6.61 Å². The lowest BCUT2D eigenvalue weighted by molar-refractivity contribution is -0.154. The zero-order chi connectivity index (χ0) is 18.3. The van der Waals surface area contributed by atoms with Crippen LogP contribution in [0.1, 0.15) is 44.6 Å². The number of nitrogens with one attached hydrogen (secondary N) is 2. The summed E-state index contributed by atoms with van der Waals surface area (Å²) in [6.07, 6.45) is 3.27. The predicted octanol–water partition coefficient (Wildman–Crippen LogP) is 2.42. The van der Waals surface area contributed by atoms with Gasteiger partial charge in [0.05, 0.1) is 5.41 Å². The molecule has 2 rings (SSSR count). The van der Waals surface area contributed by atoms with E-state index in [9.17, 15) is 18.8 Å². The second-order valence-corrected chi connectivity index (χ2v) is 6.15. The molecule has 0 radical (unpaired) electrons. The van der Waals surface area contributed by atoms with E-state index in [1.165, 1.54) is 6.07 Å². The maximum Gasteiger partial charge on any atom is 0.321 e. The molecular weight excluding hydrogens is 327 g/mol. The van der Waals surface area contributed by atoms with Crippen LogP contribution in [0.3, 0.4) is 0 Å². The SMILES string of the molecule is CCCNC(=O)NC(=O)COC(=O)C1(c2ccccc2F)CCCC1. The number of halogens is 1. The van der Waals surface area contributed by atoms with Crippen LogP contribution in [0.2, 0.25) is 0 Å². The molecule has 25 heavy (non-hydrogen) atoms. The second-order valence-electron chi connectivity index (χ2n) is 6.15. The number of carbonyl (C=O) groups excluding carboxylic acids is 3. The van der Waals surface area contributed by atoms with E-state index in [1.54, 1.807) is 18.2 Å². The van der Waals surface area contributed by atoms with Crippen LogP contribution < -0.4 is 10.6 Å². The lowest BCUT2D eigenvalue weighted by Gasteiger charge is -2.27. The molecule has 0 saturated heterocycles. The molecular formula is C18H23FN2O4. The molecule has 1 aliphatic rings. The van der Waals surface area contributed by atoms with E-state index in [1.807, 2.05) is 6.92 Å². The van der Waals surface area contributed by atoms with Gasteiger partial charge in [0.2, 0.25) is 0 Å². The summed E-state index contributed by atoms with van der Waals surface area (Å²) in [5.41, 5.74) is -0.755. The minimum Gasteiger partial charge on any atom is -0.455 e. The molecule has 1 aliphatic carbocycles. The molecule has 0 bridgehead atoms. The van der Waals surface area contributed by atoms with E-state index < -0.39 is 35.7 Å². The molecule has 0 aliphatic heterocycles. The van der Waals surface area contributed by atoms with Crippen molar-refractivity contribution in [3.05, 3.63) is 35.6 Å². The highest BCUT2D eigenvalue weighted by Crippen LogP contribution is 2.43. The summed E-state index contributed by atoms with van der Waals surface area (Å²) in [4.78, 5) is 35.7. The Morgan fingerprint density at radius 1 is 1.20 bits per heavy atom.